The molecule has 2 aromatic carbocycles. The average Bonchev–Trinajstić information content (AvgIpc) is 3.17. The van der Waals surface area contributed by atoms with Gasteiger partial charge in [0.15, 0.2) is 0 Å². The molecule has 20 nitrogen and oxygen atoms in total. The predicted molar refractivity (Wildman–Crippen MR) is 216 cm³/mol. The molecule has 2 rings (SSSR count). The minimum absolute atomic E-state index is 0.0244. The van der Waals surface area contributed by atoms with Crippen molar-refractivity contribution < 1.29 is 61.5 Å². The molecular formula is C39H55N7O13S. The van der Waals surface area contributed by atoms with Gasteiger partial charge in [-0.1, -0.05) is 88.4 Å². The largest absolute Gasteiger partial charge is 0.480 e. The second-order valence-corrected chi connectivity index (χ2v) is 16.3. The number of rotatable bonds is 23. The number of carboxylic acids is 1. The molecule has 0 aliphatic carbocycles. The monoisotopic (exact) mass is 861 g/mol. The molecular weight excluding hydrogens is 807 g/mol. The SMILES string of the molecule is CC(NC(=O)CNC(=O)C(NC(=O)C(C)NC(=O)C(CS(=O)(=O)O)NC(=O)C(NC(=O)Cc1ccccc1)C(C)C)C(O)C(C)C)C(=O)NC(Cc1ccccc1)C(=O)O. The third kappa shape index (κ3) is 17.5. The first-order valence-electron chi connectivity index (χ1n) is 19.0. The van der Waals surface area contributed by atoms with Gasteiger partial charge in [0.2, 0.25) is 41.4 Å². The number of amides is 7. The lowest BCUT2D eigenvalue weighted by molar-refractivity contribution is -0.142. The Labute approximate surface area is 348 Å². The van der Waals surface area contributed by atoms with E-state index in [9.17, 15) is 61.5 Å². The van der Waals surface area contributed by atoms with Gasteiger partial charge < -0.3 is 47.4 Å². The first kappa shape index (κ1) is 50.2. The van der Waals surface area contributed by atoms with Crippen molar-refractivity contribution in [1.82, 2.24) is 37.2 Å². The molecule has 0 fully saturated rings. The molecule has 60 heavy (non-hydrogen) atoms. The number of carbonyl (C=O) groups excluding carboxylic acids is 7. The van der Waals surface area contributed by atoms with Gasteiger partial charge in [-0.15, -0.1) is 0 Å². The van der Waals surface area contributed by atoms with E-state index in [1.165, 1.54) is 20.8 Å². The van der Waals surface area contributed by atoms with Crippen molar-refractivity contribution in [1.29, 1.82) is 0 Å². The van der Waals surface area contributed by atoms with Crippen molar-refractivity contribution in [2.75, 3.05) is 12.3 Å². The smallest absolute Gasteiger partial charge is 0.326 e. The Hall–Kier alpha value is -5.93. The van der Waals surface area contributed by atoms with Crippen LogP contribution in [0.4, 0.5) is 0 Å². The fourth-order valence-corrected chi connectivity index (χ4v) is 6.18. The van der Waals surface area contributed by atoms with Crippen molar-refractivity contribution in [3.63, 3.8) is 0 Å². The molecule has 0 aliphatic heterocycles. The van der Waals surface area contributed by atoms with Crippen LogP contribution in [0.15, 0.2) is 60.7 Å². The van der Waals surface area contributed by atoms with Crippen molar-refractivity contribution in [3.05, 3.63) is 71.8 Å². The fraction of sp³-hybridized carbons (Fsp3) is 0.487. The third-order valence-electron chi connectivity index (χ3n) is 8.93. The van der Waals surface area contributed by atoms with E-state index in [0.717, 1.165) is 6.92 Å². The van der Waals surface area contributed by atoms with Crippen LogP contribution in [-0.2, 0) is 61.3 Å². The van der Waals surface area contributed by atoms with Gasteiger partial charge in [0.05, 0.1) is 19.1 Å². The summed E-state index contributed by atoms with van der Waals surface area (Å²) in [4.78, 5) is 103. The number of aliphatic hydroxyl groups is 1. The Bertz CT molecular complexity index is 1930. The minimum Gasteiger partial charge on any atom is -0.480 e. The van der Waals surface area contributed by atoms with E-state index in [0.29, 0.717) is 11.1 Å². The van der Waals surface area contributed by atoms with E-state index >= 15 is 0 Å². The van der Waals surface area contributed by atoms with Gasteiger partial charge in [-0.05, 0) is 36.8 Å². The molecule has 330 valence electrons. The van der Waals surface area contributed by atoms with E-state index in [1.807, 2.05) is 0 Å². The molecule has 7 amide bonds. The van der Waals surface area contributed by atoms with E-state index in [-0.39, 0.29) is 12.8 Å². The van der Waals surface area contributed by atoms with Crippen LogP contribution in [0.5, 0.6) is 0 Å². The van der Waals surface area contributed by atoms with Crippen LogP contribution < -0.4 is 37.2 Å². The molecule has 0 saturated heterocycles. The highest BCUT2D eigenvalue weighted by Gasteiger charge is 2.35. The maximum Gasteiger partial charge on any atom is 0.326 e. The Morgan fingerprint density at radius 3 is 1.60 bits per heavy atom. The standard InChI is InChI=1S/C39H55N7O13S/c1-21(2)31(45-29(47)18-26-15-11-8-12-16-26)38(54)44-28(20-60(57,58)59)36(52)42-24(6)35(51)46-32(33(49)22(3)4)37(53)40-19-30(48)41-23(5)34(50)43-27(39(55)56)17-25-13-9-7-10-14-25/h7-16,21-24,27-28,31-33,49H,17-20H2,1-6H3,(H,40,53)(H,41,48)(H,42,52)(H,43,50)(H,44,54)(H,45,47)(H,46,51)(H,55,56)(H,57,58,59). The number of carboxylic acid groups (broad SMARTS) is 1. The zero-order valence-corrected chi connectivity index (χ0v) is 34.9. The van der Waals surface area contributed by atoms with Crippen molar-refractivity contribution >= 4 is 57.4 Å². The maximum atomic E-state index is 13.3. The number of hydrogen-bond acceptors (Lipinski definition) is 11. The summed E-state index contributed by atoms with van der Waals surface area (Å²) in [5.74, 6) is -10.4. The molecule has 2 aromatic rings. The van der Waals surface area contributed by atoms with Crippen molar-refractivity contribution in [2.24, 2.45) is 11.8 Å². The minimum atomic E-state index is -4.91. The van der Waals surface area contributed by atoms with Crippen molar-refractivity contribution in [3.8, 4) is 0 Å². The second-order valence-electron chi connectivity index (χ2n) is 14.8. The highest BCUT2D eigenvalue weighted by Crippen LogP contribution is 2.09. The van der Waals surface area contributed by atoms with Gasteiger partial charge in [0.25, 0.3) is 10.1 Å². The highest BCUT2D eigenvalue weighted by molar-refractivity contribution is 7.85. The zero-order valence-electron chi connectivity index (χ0n) is 34.1. The van der Waals surface area contributed by atoms with Gasteiger partial charge in [-0.2, -0.15) is 8.42 Å². The van der Waals surface area contributed by atoms with E-state index in [1.54, 1.807) is 74.5 Å². The van der Waals surface area contributed by atoms with Gasteiger partial charge >= 0.3 is 5.97 Å². The van der Waals surface area contributed by atoms with Gasteiger partial charge in [-0.3, -0.25) is 38.1 Å². The summed E-state index contributed by atoms with van der Waals surface area (Å²) in [5, 5.41) is 36.5. The summed E-state index contributed by atoms with van der Waals surface area (Å²) in [7, 11) is -4.91. The van der Waals surface area contributed by atoms with Gasteiger partial charge in [-0.25, -0.2) is 4.79 Å². The van der Waals surface area contributed by atoms with Crippen LogP contribution in [0.25, 0.3) is 0 Å². The van der Waals surface area contributed by atoms with E-state index < -0.39 is 124 Å². The Kier molecular flexibility index (Phi) is 19.8. The summed E-state index contributed by atoms with van der Waals surface area (Å²) in [6.07, 6.45) is -1.65. The Morgan fingerprint density at radius 2 is 1.08 bits per heavy atom. The summed E-state index contributed by atoms with van der Waals surface area (Å²) in [5.41, 5.74) is 1.30. The molecule has 10 N–H and O–H groups in total. The van der Waals surface area contributed by atoms with Gasteiger partial charge in [0, 0.05) is 6.42 Å². The fourth-order valence-electron chi connectivity index (χ4n) is 5.53. The number of aliphatic carboxylic acids is 1. The van der Waals surface area contributed by atoms with E-state index in [2.05, 4.69) is 37.2 Å². The number of carbonyl (C=O) groups is 8. The normalized spacial score (nSPS) is 14.8. The first-order valence-corrected chi connectivity index (χ1v) is 20.6. The van der Waals surface area contributed by atoms with Crippen LogP contribution in [0.2, 0.25) is 0 Å². The summed E-state index contributed by atoms with van der Waals surface area (Å²) < 4.78 is 33.3. The van der Waals surface area contributed by atoms with Crippen LogP contribution in [-0.4, -0.2) is 125 Å². The summed E-state index contributed by atoms with van der Waals surface area (Å²) >= 11 is 0. The topological polar surface area (TPSA) is 316 Å². The molecule has 0 aromatic heterocycles. The second kappa shape index (κ2) is 23.6. The molecule has 21 heteroatoms. The van der Waals surface area contributed by atoms with Crippen LogP contribution >= 0.6 is 0 Å². The van der Waals surface area contributed by atoms with E-state index in [4.69, 9.17) is 0 Å². The van der Waals surface area contributed by atoms with Crippen molar-refractivity contribution in [2.45, 2.75) is 96.7 Å². The summed E-state index contributed by atoms with van der Waals surface area (Å²) in [6, 6.07) is 8.14. The van der Waals surface area contributed by atoms with Crippen LogP contribution in [0.1, 0.15) is 52.7 Å². The Morgan fingerprint density at radius 1 is 0.567 bits per heavy atom. The predicted octanol–water partition coefficient (Wildman–Crippen LogP) is -1.82. The summed E-state index contributed by atoms with van der Waals surface area (Å²) in [6.45, 7) is 7.92. The molecule has 0 aliphatic rings. The first-order chi connectivity index (χ1) is 28.0. The maximum absolute atomic E-state index is 13.3. The highest BCUT2D eigenvalue weighted by atomic mass is 32.2. The quantitative estimate of drug-likeness (QED) is 0.0552. The molecule has 7 atom stereocenters. The number of hydrogen-bond donors (Lipinski definition) is 10. The molecule has 0 saturated carbocycles. The molecule has 0 radical (unpaired) electrons. The third-order valence-corrected chi connectivity index (χ3v) is 9.69. The Balaban J connectivity index is 2.07. The molecule has 0 bridgehead atoms. The molecule has 0 spiro atoms. The molecule has 0 heterocycles. The van der Waals surface area contributed by atoms with Gasteiger partial charge in [0.1, 0.15) is 42.0 Å². The van der Waals surface area contributed by atoms with Crippen LogP contribution in [0, 0.1) is 11.8 Å². The number of aliphatic hydroxyl groups excluding tert-OH is 1. The lowest BCUT2D eigenvalue weighted by Gasteiger charge is -2.28. The lowest BCUT2D eigenvalue weighted by Crippen LogP contribution is -2.61. The molecule has 7 unspecified atom stereocenters. The lowest BCUT2D eigenvalue weighted by atomic mass is 9.98. The average molecular weight is 862 g/mol. The van der Waals surface area contributed by atoms with Crippen LogP contribution in [0.3, 0.4) is 0 Å². The number of nitrogens with one attached hydrogen (secondary N) is 7. The zero-order chi connectivity index (χ0) is 45.3. The number of benzene rings is 2.